The van der Waals surface area contributed by atoms with Gasteiger partial charge in [0.2, 0.25) is 0 Å². The lowest BCUT2D eigenvalue weighted by molar-refractivity contribution is 0.605. The molecule has 1 aromatic heterocycles. The van der Waals surface area contributed by atoms with Crippen LogP contribution in [-0.2, 0) is 6.54 Å². The van der Waals surface area contributed by atoms with Gasteiger partial charge in [0, 0.05) is 6.54 Å². The van der Waals surface area contributed by atoms with Gasteiger partial charge in [-0.3, -0.25) is 0 Å². The summed E-state index contributed by atoms with van der Waals surface area (Å²) in [5.41, 5.74) is 2.16. The minimum absolute atomic E-state index is 0.276. The molecular weight excluding hydrogens is 243 g/mol. The van der Waals surface area contributed by atoms with Gasteiger partial charge < -0.3 is 5.32 Å². The van der Waals surface area contributed by atoms with E-state index in [1.165, 1.54) is 23.6 Å². The fourth-order valence-electron chi connectivity index (χ4n) is 2.13. The van der Waals surface area contributed by atoms with Crippen molar-refractivity contribution in [2.75, 3.05) is 6.54 Å². The molecule has 1 fully saturated rings. The smallest absolute Gasteiger partial charge is 0.149 e. The van der Waals surface area contributed by atoms with E-state index in [1.54, 1.807) is 12.3 Å². The van der Waals surface area contributed by atoms with Crippen LogP contribution in [0, 0.1) is 18.7 Å². The molecule has 0 saturated heterocycles. The molecule has 0 bridgehead atoms. The van der Waals surface area contributed by atoms with E-state index in [1.807, 2.05) is 13.0 Å². The van der Waals surface area contributed by atoms with Gasteiger partial charge in [-0.15, -0.1) is 5.10 Å². The Bertz CT molecular complexity index is 554. The number of hydrogen-bond acceptors (Lipinski definition) is 3. The second-order valence-corrected chi connectivity index (χ2v) is 5.13. The zero-order valence-electron chi connectivity index (χ0n) is 10.9. The van der Waals surface area contributed by atoms with Gasteiger partial charge >= 0.3 is 0 Å². The average Bonchev–Trinajstić information content (AvgIpc) is 3.08. The van der Waals surface area contributed by atoms with E-state index in [0.29, 0.717) is 12.2 Å². The van der Waals surface area contributed by atoms with Crippen LogP contribution in [0.1, 0.15) is 24.1 Å². The maximum Gasteiger partial charge on any atom is 0.149 e. The van der Waals surface area contributed by atoms with Gasteiger partial charge in [0.15, 0.2) is 0 Å². The lowest BCUT2D eigenvalue weighted by atomic mass is 10.2. The highest BCUT2D eigenvalue weighted by atomic mass is 19.1. The summed E-state index contributed by atoms with van der Waals surface area (Å²) in [6.07, 6.45) is 4.44. The summed E-state index contributed by atoms with van der Waals surface area (Å²) in [6.45, 7) is 3.58. The Labute approximate surface area is 111 Å². The third-order valence-corrected chi connectivity index (χ3v) is 3.39. The average molecular weight is 260 g/mol. The van der Waals surface area contributed by atoms with Crippen LogP contribution in [0.15, 0.2) is 24.4 Å². The lowest BCUT2D eigenvalue weighted by Crippen LogP contribution is -2.16. The Kier molecular flexibility index (Phi) is 3.29. The van der Waals surface area contributed by atoms with E-state index < -0.39 is 0 Å². The molecule has 4 nitrogen and oxygen atoms in total. The Morgan fingerprint density at radius 3 is 3.00 bits per heavy atom. The van der Waals surface area contributed by atoms with Crippen LogP contribution in [0.25, 0.3) is 5.69 Å². The van der Waals surface area contributed by atoms with Gasteiger partial charge in [-0.2, -0.15) is 0 Å². The van der Waals surface area contributed by atoms with Crippen LogP contribution in [-0.4, -0.2) is 21.5 Å². The number of aromatic nitrogens is 3. The minimum Gasteiger partial charge on any atom is -0.311 e. The molecule has 100 valence electrons. The number of para-hydroxylation sites is 1. The molecule has 3 rings (SSSR count). The molecule has 0 radical (unpaired) electrons. The molecule has 0 amide bonds. The zero-order valence-corrected chi connectivity index (χ0v) is 10.9. The normalized spacial score (nSPS) is 14.8. The van der Waals surface area contributed by atoms with E-state index in [2.05, 4.69) is 15.6 Å². The third kappa shape index (κ3) is 2.81. The van der Waals surface area contributed by atoms with Crippen molar-refractivity contribution < 1.29 is 4.39 Å². The summed E-state index contributed by atoms with van der Waals surface area (Å²) in [7, 11) is 0. The minimum atomic E-state index is -0.276. The molecule has 1 aromatic carbocycles. The Morgan fingerprint density at radius 1 is 1.42 bits per heavy atom. The van der Waals surface area contributed by atoms with Crippen LogP contribution in [0.4, 0.5) is 4.39 Å². The highest BCUT2D eigenvalue weighted by molar-refractivity contribution is 5.40. The summed E-state index contributed by atoms with van der Waals surface area (Å²) >= 11 is 0. The molecule has 2 aromatic rings. The van der Waals surface area contributed by atoms with Crippen molar-refractivity contribution in [1.29, 1.82) is 0 Å². The molecule has 1 aliphatic rings. The Hall–Kier alpha value is -1.75. The number of nitrogens with zero attached hydrogens (tertiary/aromatic N) is 3. The van der Waals surface area contributed by atoms with Crippen LogP contribution >= 0.6 is 0 Å². The van der Waals surface area contributed by atoms with E-state index in [0.717, 1.165) is 23.7 Å². The molecule has 19 heavy (non-hydrogen) atoms. The van der Waals surface area contributed by atoms with Crippen LogP contribution in [0.2, 0.25) is 0 Å². The molecule has 1 heterocycles. The quantitative estimate of drug-likeness (QED) is 0.896. The first kappa shape index (κ1) is 12.3. The van der Waals surface area contributed by atoms with E-state index in [-0.39, 0.29) is 5.82 Å². The molecule has 5 heteroatoms. The van der Waals surface area contributed by atoms with Crippen molar-refractivity contribution in [2.45, 2.75) is 26.3 Å². The molecule has 1 saturated carbocycles. The third-order valence-electron chi connectivity index (χ3n) is 3.39. The fraction of sp³-hybridized carbons (Fsp3) is 0.429. The number of aryl methyl sites for hydroxylation is 1. The molecule has 0 aliphatic heterocycles. The molecule has 0 spiro atoms. The summed E-state index contributed by atoms with van der Waals surface area (Å²) in [6, 6.07) is 5.00. The van der Waals surface area contributed by atoms with Crippen LogP contribution in [0.3, 0.4) is 0 Å². The van der Waals surface area contributed by atoms with Crippen molar-refractivity contribution >= 4 is 0 Å². The van der Waals surface area contributed by atoms with Gasteiger partial charge in [0.05, 0.1) is 11.9 Å². The van der Waals surface area contributed by atoms with E-state index in [9.17, 15) is 4.39 Å². The number of halogens is 1. The topological polar surface area (TPSA) is 42.7 Å². The highest BCUT2D eigenvalue weighted by Crippen LogP contribution is 2.27. The number of rotatable bonds is 5. The summed E-state index contributed by atoms with van der Waals surface area (Å²) in [4.78, 5) is 0. The molecule has 0 atom stereocenters. The second-order valence-electron chi connectivity index (χ2n) is 5.13. The van der Waals surface area contributed by atoms with Crippen molar-refractivity contribution in [3.05, 3.63) is 41.5 Å². The first-order chi connectivity index (χ1) is 9.24. The van der Waals surface area contributed by atoms with Gasteiger partial charge in [-0.1, -0.05) is 17.3 Å². The number of nitrogens with one attached hydrogen (secondary N) is 1. The summed E-state index contributed by atoms with van der Waals surface area (Å²) in [5.74, 6) is 0.561. The maximum absolute atomic E-state index is 13.8. The van der Waals surface area contributed by atoms with Crippen molar-refractivity contribution in [3.8, 4) is 5.69 Å². The first-order valence-corrected chi connectivity index (χ1v) is 6.61. The summed E-state index contributed by atoms with van der Waals surface area (Å²) in [5, 5.41) is 11.4. The summed E-state index contributed by atoms with van der Waals surface area (Å²) < 4.78 is 15.3. The lowest BCUT2D eigenvalue weighted by Gasteiger charge is -2.05. The fourth-order valence-corrected chi connectivity index (χ4v) is 2.13. The Balaban J connectivity index is 1.72. The zero-order chi connectivity index (χ0) is 13.2. The monoisotopic (exact) mass is 260 g/mol. The van der Waals surface area contributed by atoms with Gasteiger partial charge in [0.25, 0.3) is 0 Å². The highest BCUT2D eigenvalue weighted by Gasteiger charge is 2.20. The SMILES string of the molecule is Cc1cccc(F)c1-n1cc(CNCC2CC2)nn1. The predicted molar refractivity (Wildman–Crippen MR) is 70.5 cm³/mol. The van der Waals surface area contributed by atoms with Crippen LogP contribution < -0.4 is 5.32 Å². The van der Waals surface area contributed by atoms with Gasteiger partial charge in [0.1, 0.15) is 11.5 Å². The first-order valence-electron chi connectivity index (χ1n) is 6.61. The molecular formula is C14H17FN4. The van der Waals surface area contributed by atoms with E-state index in [4.69, 9.17) is 0 Å². The van der Waals surface area contributed by atoms with Gasteiger partial charge in [-0.05, 0) is 43.9 Å². The van der Waals surface area contributed by atoms with Crippen molar-refractivity contribution in [1.82, 2.24) is 20.3 Å². The van der Waals surface area contributed by atoms with Crippen molar-refractivity contribution in [2.24, 2.45) is 5.92 Å². The number of hydrogen-bond donors (Lipinski definition) is 1. The largest absolute Gasteiger partial charge is 0.311 e. The number of benzene rings is 1. The molecule has 1 N–H and O–H groups in total. The standard InChI is InChI=1S/C14H17FN4/c1-10-3-2-4-13(15)14(10)19-9-12(17-18-19)8-16-7-11-5-6-11/h2-4,9,11,16H,5-8H2,1H3. The van der Waals surface area contributed by atoms with E-state index >= 15 is 0 Å². The molecule has 1 aliphatic carbocycles. The maximum atomic E-state index is 13.8. The Morgan fingerprint density at radius 2 is 2.26 bits per heavy atom. The van der Waals surface area contributed by atoms with Gasteiger partial charge in [-0.25, -0.2) is 9.07 Å². The second kappa shape index (κ2) is 5.09. The molecule has 0 unspecified atom stereocenters. The predicted octanol–water partition coefficient (Wildman–Crippen LogP) is 2.21. The van der Waals surface area contributed by atoms with Crippen molar-refractivity contribution in [3.63, 3.8) is 0 Å². The van der Waals surface area contributed by atoms with Crippen LogP contribution in [0.5, 0.6) is 0 Å².